The normalized spacial score (nSPS) is 21.4. The standard InChI is InChI=1S/C18H23N5O3.2ClH/c1-21-15-14(17(25)22(2)18(21)26)7-13(10-20-15)16(24)23-5-3-11-8-19-9-12(11)4-6-23;;/h7,10-12,19H,3-6,8-9H2,1-2H3;2*1H/t11-,12+;;. The molecular formula is C18H25Cl2N5O3. The van der Waals surface area contributed by atoms with Crippen molar-refractivity contribution in [3.63, 3.8) is 0 Å². The molecule has 2 aromatic rings. The molecule has 4 rings (SSSR count). The van der Waals surface area contributed by atoms with Crippen LogP contribution in [0.5, 0.6) is 0 Å². The number of likely N-dealkylation sites (tertiary alicyclic amines) is 1. The second kappa shape index (κ2) is 8.63. The first kappa shape index (κ1) is 22.4. The van der Waals surface area contributed by atoms with Crippen LogP contribution in [0.3, 0.4) is 0 Å². The van der Waals surface area contributed by atoms with Gasteiger partial charge in [-0.25, -0.2) is 9.78 Å². The Balaban J connectivity index is 0.00000140. The summed E-state index contributed by atoms with van der Waals surface area (Å²) < 4.78 is 2.36. The molecule has 2 saturated heterocycles. The van der Waals surface area contributed by atoms with Crippen LogP contribution < -0.4 is 16.6 Å². The van der Waals surface area contributed by atoms with Gasteiger partial charge in [0, 0.05) is 33.4 Å². The van der Waals surface area contributed by atoms with E-state index in [1.807, 2.05) is 4.90 Å². The summed E-state index contributed by atoms with van der Waals surface area (Å²) >= 11 is 0. The van der Waals surface area contributed by atoms with Gasteiger partial charge in [0.25, 0.3) is 11.5 Å². The predicted octanol–water partition coefficient (Wildman–Crippen LogP) is 0.547. The molecule has 8 nitrogen and oxygen atoms in total. The molecule has 0 radical (unpaired) electrons. The number of nitrogens with one attached hydrogen (secondary N) is 1. The van der Waals surface area contributed by atoms with Crippen LogP contribution in [0.4, 0.5) is 0 Å². The van der Waals surface area contributed by atoms with Gasteiger partial charge in [0.1, 0.15) is 5.65 Å². The molecule has 4 heterocycles. The van der Waals surface area contributed by atoms with Gasteiger partial charge in [-0.3, -0.25) is 18.7 Å². The van der Waals surface area contributed by atoms with Crippen LogP contribution in [0.15, 0.2) is 21.9 Å². The summed E-state index contributed by atoms with van der Waals surface area (Å²) in [4.78, 5) is 43.5. The van der Waals surface area contributed by atoms with Crippen LogP contribution in [0.2, 0.25) is 0 Å². The molecule has 0 spiro atoms. The summed E-state index contributed by atoms with van der Waals surface area (Å²) in [7, 11) is 3.00. The van der Waals surface area contributed by atoms with E-state index in [2.05, 4.69) is 10.3 Å². The number of aromatic nitrogens is 3. The maximum atomic E-state index is 13.0. The van der Waals surface area contributed by atoms with E-state index in [1.165, 1.54) is 17.8 Å². The summed E-state index contributed by atoms with van der Waals surface area (Å²) in [5, 5.41) is 3.72. The molecule has 0 unspecified atom stereocenters. The lowest BCUT2D eigenvalue weighted by molar-refractivity contribution is 0.0758. The van der Waals surface area contributed by atoms with E-state index in [9.17, 15) is 14.4 Å². The minimum absolute atomic E-state index is 0. The average molecular weight is 430 g/mol. The number of pyridine rings is 1. The monoisotopic (exact) mass is 429 g/mol. The summed E-state index contributed by atoms with van der Waals surface area (Å²) in [6.45, 7) is 3.53. The van der Waals surface area contributed by atoms with E-state index in [-0.39, 0.29) is 36.1 Å². The molecule has 2 fully saturated rings. The third kappa shape index (κ3) is 3.68. The molecule has 2 atom stereocenters. The van der Waals surface area contributed by atoms with Crippen molar-refractivity contribution in [3.05, 3.63) is 38.7 Å². The highest BCUT2D eigenvalue weighted by molar-refractivity contribution is 5.96. The van der Waals surface area contributed by atoms with Gasteiger partial charge < -0.3 is 10.2 Å². The summed E-state index contributed by atoms with van der Waals surface area (Å²) in [5.74, 6) is 1.19. The van der Waals surface area contributed by atoms with Crippen molar-refractivity contribution in [2.75, 3.05) is 26.2 Å². The minimum Gasteiger partial charge on any atom is -0.339 e. The zero-order valence-electron chi connectivity index (χ0n) is 15.9. The molecule has 2 aromatic heterocycles. The molecule has 10 heteroatoms. The van der Waals surface area contributed by atoms with E-state index in [4.69, 9.17) is 0 Å². The van der Waals surface area contributed by atoms with Gasteiger partial charge in [0.2, 0.25) is 0 Å². The fourth-order valence-electron chi connectivity index (χ4n) is 4.19. The van der Waals surface area contributed by atoms with Crippen LogP contribution in [-0.4, -0.2) is 51.1 Å². The van der Waals surface area contributed by atoms with Crippen LogP contribution in [0.1, 0.15) is 23.2 Å². The Hall–Kier alpha value is -1.90. The molecule has 0 aromatic carbocycles. The fraction of sp³-hybridized carbons (Fsp3) is 0.556. The highest BCUT2D eigenvalue weighted by Gasteiger charge is 2.31. The quantitative estimate of drug-likeness (QED) is 0.714. The summed E-state index contributed by atoms with van der Waals surface area (Å²) in [6, 6.07) is 1.57. The summed E-state index contributed by atoms with van der Waals surface area (Å²) in [5.41, 5.74) is -0.159. The lowest BCUT2D eigenvalue weighted by Crippen LogP contribution is -2.37. The van der Waals surface area contributed by atoms with Crippen molar-refractivity contribution in [2.24, 2.45) is 25.9 Å². The molecule has 0 aliphatic carbocycles. The molecular weight excluding hydrogens is 405 g/mol. The molecule has 0 bridgehead atoms. The largest absolute Gasteiger partial charge is 0.339 e. The highest BCUT2D eigenvalue weighted by Crippen LogP contribution is 2.27. The van der Waals surface area contributed by atoms with Gasteiger partial charge in [0.05, 0.1) is 10.9 Å². The van der Waals surface area contributed by atoms with Gasteiger partial charge in [-0.15, -0.1) is 24.8 Å². The first-order valence-electron chi connectivity index (χ1n) is 9.03. The SMILES string of the molecule is Cl.Cl.Cn1c(=O)c2cc(C(=O)N3CC[C@@H]4CNC[C@@H]4CC3)cnc2n(C)c1=O. The number of halogens is 2. The number of carbonyl (C=O) groups excluding carboxylic acids is 1. The first-order chi connectivity index (χ1) is 12.5. The summed E-state index contributed by atoms with van der Waals surface area (Å²) in [6.07, 6.45) is 3.47. The van der Waals surface area contributed by atoms with Gasteiger partial charge in [0.15, 0.2) is 0 Å². The second-order valence-corrected chi connectivity index (χ2v) is 7.35. The van der Waals surface area contributed by atoms with Gasteiger partial charge in [-0.2, -0.15) is 0 Å². The van der Waals surface area contributed by atoms with E-state index in [0.717, 1.165) is 43.6 Å². The first-order valence-corrected chi connectivity index (χ1v) is 9.03. The number of amides is 1. The van der Waals surface area contributed by atoms with Crippen molar-refractivity contribution < 1.29 is 4.79 Å². The minimum atomic E-state index is -0.429. The molecule has 1 amide bonds. The Labute approximate surface area is 174 Å². The number of hydrogen-bond acceptors (Lipinski definition) is 5. The number of hydrogen-bond donors (Lipinski definition) is 1. The van der Waals surface area contributed by atoms with Gasteiger partial charge >= 0.3 is 5.69 Å². The van der Waals surface area contributed by atoms with Gasteiger partial charge in [-0.05, 0) is 43.8 Å². The average Bonchev–Trinajstić information content (AvgIpc) is 3.02. The van der Waals surface area contributed by atoms with E-state index < -0.39 is 11.2 Å². The van der Waals surface area contributed by atoms with E-state index in [0.29, 0.717) is 23.0 Å². The number of fused-ring (bicyclic) bond motifs is 2. The van der Waals surface area contributed by atoms with E-state index in [1.54, 1.807) is 13.1 Å². The molecule has 154 valence electrons. The zero-order chi connectivity index (χ0) is 18.4. The van der Waals surface area contributed by atoms with Gasteiger partial charge in [-0.1, -0.05) is 0 Å². The molecule has 2 aliphatic rings. The Kier molecular flexibility index (Phi) is 6.90. The van der Waals surface area contributed by atoms with Crippen molar-refractivity contribution in [1.82, 2.24) is 24.3 Å². The lowest BCUT2D eigenvalue weighted by Gasteiger charge is -2.21. The predicted molar refractivity (Wildman–Crippen MR) is 112 cm³/mol. The Morgan fingerprint density at radius 3 is 2.29 bits per heavy atom. The van der Waals surface area contributed by atoms with Crippen molar-refractivity contribution >= 4 is 41.8 Å². The number of aryl methyl sites for hydroxylation is 1. The fourth-order valence-corrected chi connectivity index (χ4v) is 4.19. The molecule has 2 aliphatic heterocycles. The van der Waals surface area contributed by atoms with E-state index >= 15 is 0 Å². The Morgan fingerprint density at radius 2 is 1.68 bits per heavy atom. The highest BCUT2D eigenvalue weighted by atomic mass is 35.5. The Morgan fingerprint density at radius 1 is 1.07 bits per heavy atom. The topological polar surface area (TPSA) is 89.2 Å². The van der Waals surface area contributed by atoms with Crippen molar-refractivity contribution in [3.8, 4) is 0 Å². The lowest BCUT2D eigenvalue weighted by atomic mass is 9.92. The molecule has 0 saturated carbocycles. The smallest absolute Gasteiger partial charge is 0.332 e. The van der Waals surface area contributed by atoms with Crippen LogP contribution >= 0.6 is 24.8 Å². The number of rotatable bonds is 1. The van der Waals surface area contributed by atoms with Crippen LogP contribution in [-0.2, 0) is 14.1 Å². The number of carbonyl (C=O) groups is 1. The zero-order valence-corrected chi connectivity index (χ0v) is 17.5. The number of nitrogens with zero attached hydrogens (tertiary/aromatic N) is 4. The molecule has 28 heavy (non-hydrogen) atoms. The van der Waals surface area contributed by atoms with Crippen LogP contribution in [0, 0.1) is 11.8 Å². The Bertz CT molecular complexity index is 989. The van der Waals surface area contributed by atoms with Crippen molar-refractivity contribution in [2.45, 2.75) is 12.8 Å². The maximum Gasteiger partial charge on any atom is 0.332 e. The third-order valence-electron chi connectivity index (χ3n) is 5.85. The molecule has 1 N–H and O–H groups in total. The maximum absolute atomic E-state index is 13.0. The van der Waals surface area contributed by atoms with Crippen LogP contribution in [0.25, 0.3) is 11.0 Å². The second-order valence-electron chi connectivity index (χ2n) is 7.35. The third-order valence-corrected chi connectivity index (χ3v) is 5.85. The van der Waals surface area contributed by atoms with Crippen molar-refractivity contribution in [1.29, 1.82) is 0 Å².